The summed E-state index contributed by atoms with van der Waals surface area (Å²) in [6.45, 7) is 3.07. The molecule has 1 aromatic heterocycles. The molecular formula is C20H26N4O2. The van der Waals surface area contributed by atoms with Crippen LogP contribution in [0, 0.1) is 0 Å². The Kier molecular flexibility index (Phi) is 4.93. The molecule has 138 valence electrons. The van der Waals surface area contributed by atoms with Gasteiger partial charge in [0.1, 0.15) is 0 Å². The minimum atomic E-state index is -0.438. The summed E-state index contributed by atoms with van der Waals surface area (Å²) in [6.07, 6.45) is 7.89. The highest BCUT2D eigenvalue weighted by Crippen LogP contribution is 2.28. The minimum absolute atomic E-state index is 0.000703. The van der Waals surface area contributed by atoms with E-state index in [-0.39, 0.29) is 11.9 Å². The van der Waals surface area contributed by atoms with Gasteiger partial charge in [0, 0.05) is 50.7 Å². The fourth-order valence-electron chi connectivity index (χ4n) is 4.16. The van der Waals surface area contributed by atoms with Gasteiger partial charge in [0.15, 0.2) is 0 Å². The van der Waals surface area contributed by atoms with E-state index < -0.39 is 6.10 Å². The van der Waals surface area contributed by atoms with Gasteiger partial charge in [-0.3, -0.25) is 4.79 Å². The van der Waals surface area contributed by atoms with Crippen LogP contribution in [0.1, 0.15) is 30.9 Å². The number of para-hydroxylation sites is 1. The van der Waals surface area contributed by atoms with E-state index in [1.54, 1.807) is 12.5 Å². The summed E-state index contributed by atoms with van der Waals surface area (Å²) < 4.78 is 1.96. The summed E-state index contributed by atoms with van der Waals surface area (Å²) in [7, 11) is 0. The number of hydrogen-bond acceptors (Lipinski definition) is 4. The maximum Gasteiger partial charge on any atom is 0.224 e. The van der Waals surface area contributed by atoms with Gasteiger partial charge in [0.25, 0.3) is 0 Å². The zero-order valence-corrected chi connectivity index (χ0v) is 15.0. The Morgan fingerprint density at radius 1 is 1.19 bits per heavy atom. The molecule has 2 aliphatic heterocycles. The van der Waals surface area contributed by atoms with Gasteiger partial charge in [-0.25, -0.2) is 4.98 Å². The Labute approximate surface area is 154 Å². The van der Waals surface area contributed by atoms with Crippen LogP contribution in [0.4, 0.5) is 5.69 Å². The zero-order valence-electron chi connectivity index (χ0n) is 15.0. The molecule has 2 atom stereocenters. The summed E-state index contributed by atoms with van der Waals surface area (Å²) in [4.78, 5) is 21.0. The van der Waals surface area contributed by atoms with Crippen LogP contribution in [0.3, 0.4) is 0 Å². The van der Waals surface area contributed by atoms with E-state index in [1.165, 1.54) is 11.3 Å². The molecule has 3 heterocycles. The fourth-order valence-corrected chi connectivity index (χ4v) is 4.16. The molecule has 1 saturated heterocycles. The second-order valence-electron chi connectivity index (χ2n) is 7.22. The van der Waals surface area contributed by atoms with Crippen molar-refractivity contribution < 1.29 is 9.90 Å². The van der Waals surface area contributed by atoms with Crippen molar-refractivity contribution in [2.75, 3.05) is 31.1 Å². The van der Waals surface area contributed by atoms with Crippen LogP contribution in [-0.4, -0.2) is 57.7 Å². The fraction of sp³-hybridized carbons (Fsp3) is 0.500. The standard InChI is InChI=1S/C20H26N4O2/c25-19-7-12-23(11-6-18(19)24-14-9-21-15-24)20(26)8-13-22-10-5-16-3-1-2-4-17(16)22/h1-4,9,14-15,18-19,25H,5-8,10-13H2/t18-,19-/m0/s1. The van der Waals surface area contributed by atoms with Crippen molar-refractivity contribution in [2.45, 2.75) is 37.8 Å². The quantitative estimate of drug-likeness (QED) is 0.910. The summed E-state index contributed by atoms with van der Waals surface area (Å²) in [6, 6.07) is 8.45. The number of likely N-dealkylation sites (tertiary alicyclic amines) is 1. The number of carbonyl (C=O) groups excluding carboxylic acids is 1. The van der Waals surface area contributed by atoms with Crippen LogP contribution in [0.2, 0.25) is 0 Å². The van der Waals surface area contributed by atoms with E-state index >= 15 is 0 Å². The predicted molar refractivity (Wildman–Crippen MR) is 100 cm³/mol. The molecule has 0 saturated carbocycles. The van der Waals surface area contributed by atoms with Crippen molar-refractivity contribution in [2.24, 2.45) is 0 Å². The van der Waals surface area contributed by atoms with Gasteiger partial charge in [-0.2, -0.15) is 0 Å². The minimum Gasteiger partial charge on any atom is -0.391 e. The first-order valence-electron chi connectivity index (χ1n) is 9.48. The number of carbonyl (C=O) groups is 1. The van der Waals surface area contributed by atoms with Crippen LogP contribution >= 0.6 is 0 Å². The Hall–Kier alpha value is -2.34. The van der Waals surface area contributed by atoms with Crippen molar-refractivity contribution in [3.05, 3.63) is 48.5 Å². The largest absolute Gasteiger partial charge is 0.391 e. The highest BCUT2D eigenvalue weighted by molar-refractivity contribution is 5.77. The number of hydrogen-bond donors (Lipinski definition) is 1. The van der Waals surface area contributed by atoms with Crippen LogP contribution < -0.4 is 4.90 Å². The summed E-state index contributed by atoms with van der Waals surface area (Å²) in [5, 5.41) is 10.4. The summed E-state index contributed by atoms with van der Waals surface area (Å²) >= 11 is 0. The highest BCUT2D eigenvalue weighted by Gasteiger charge is 2.28. The van der Waals surface area contributed by atoms with Gasteiger partial charge in [-0.15, -0.1) is 0 Å². The Balaban J connectivity index is 1.33. The van der Waals surface area contributed by atoms with Crippen molar-refractivity contribution in [3.63, 3.8) is 0 Å². The molecule has 1 N–H and O–H groups in total. The number of aliphatic hydroxyl groups excluding tert-OH is 1. The lowest BCUT2D eigenvalue weighted by atomic mass is 10.1. The first-order chi connectivity index (χ1) is 12.7. The van der Waals surface area contributed by atoms with Crippen molar-refractivity contribution in [1.29, 1.82) is 0 Å². The average Bonchev–Trinajstić information content (AvgIpc) is 3.28. The number of anilines is 1. The number of imidazole rings is 1. The maximum absolute atomic E-state index is 12.7. The molecule has 1 fully saturated rings. The number of rotatable bonds is 4. The Morgan fingerprint density at radius 2 is 2.04 bits per heavy atom. The number of aromatic nitrogens is 2. The first kappa shape index (κ1) is 17.1. The van der Waals surface area contributed by atoms with Gasteiger partial charge in [-0.1, -0.05) is 18.2 Å². The highest BCUT2D eigenvalue weighted by atomic mass is 16.3. The van der Waals surface area contributed by atoms with Crippen LogP contribution in [0.25, 0.3) is 0 Å². The lowest BCUT2D eigenvalue weighted by Crippen LogP contribution is -2.35. The molecule has 0 aliphatic carbocycles. The molecule has 4 rings (SSSR count). The molecule has 6 heteroatoms. The third-order valence-corrected chi connectivity index (χ3v) is 5.67. The molecule has 0 unspecified atom stereocenters. The third kappa shape index (κ3) is 3.46. The van der Waals surface area contributed by atoms with Gasteiger partial charge in [0.05, 0.1) is 18.5 Å². The van der Waals surface area contributed by atoms with Crippen molar-refractivity contribution in [3.8, 4) is 0 Å². The second-order valence-corrected chi connectivity index (χ2v) is 7.22. The van der Waals surface area contributed by atoms with Gasteiger partial charge < -0.3 is 19.5 Å². The normalized spacial score (nSPS) is 23.0. The van der Waals surface area contributed by atoms with E-state index in [2.05, 4.69) is 34.1 Å². The van der Waals surface area contributed by atoms with Gasteiger partial charge in [-0.05, 0) is 30.9 Å². The van der Waals surface area contributed by atoms with Crippen LogP contribution in [-0.2, 0) is 11.2 Å². The van der Waals surface area contributed by atoms with Crippen molar-refractivity contribution in [1.82, 2.24) is 14.5 Å². The molecule has 0 radical (unpaired) electrons. The first-order valence-corrected chi connectivity index (χ1v) is 9.48. The molecule has 0 bridgehead atoms. The number of nitrogens with zero attached hydrogens (tertiary/aromatic N) is 4. The third-order valence-electron chi connectivity index (χ3n) is 5.67. The zero-order chi connectivity index (χ0) is 17.9. The average molecular weight is 354 g/mol. The monoisotopic (exact) mass is 354 g/mol. The molecule has 26 heavy (non-hydrogen) atoms. The summed E-state index contributed by atoms with van der Waals surface area (Å²) in [5.41, 5.74) is 2.65. The number of benzene rings is 1. The Bertz CT molecular complexity index is 746. The molecule has 1 aromatic carbocycles. The maximum atomic E-state index is 12.7. The molecule has 0 spiro atoms. The van der Waals surface area contributed by atoms with Crippen LogP contribution in [0.15, 0.2) is 43.0 Å². The lowest BCUT2D eigenvalue weighted by molar-refractivity contribution is -0.131. The molecular weight excluding hydrogens is 328 g/mol. The van der Waals surface area contributed by atoms with Crippen molar-refractivity contribution >= 4 is 11.6 Å². The van der Waals surface area contributed by atoms with E-state index in [1.807, 2.05) is 15.7 Å². The molecule has 2 aromatic rings. The van der Waals surface area contributed by atoms with Gasteiger partial charge in [0.2, 0.25) is 5.91 Å². The lowest BCUT2D eigenvalue weighted by Gasteiger charge is -2.24. The van der Waals surface area contributed by atoms with E-state index in [0.29, 0.717) is 25.9 Å². The van der Waals surface area contributed by atoms with E-state index in [4.69, 9.17) is 0 Å². The Morgan fingerprint density at radius 3 is 2.88 bits per heavy atom. The van der Waals surface area contributed by atoms with Gasteiger partial charge >= 0.3 is 0 Å². The summed E-state index contributed by atoms with van der Waals surface area (Å²) in [5.74, 6) is 0.188. The number of fused-ring (bicyclic) bond motifs is 1. The second kappa shape index (κ2) is 7.50. The number of aliphatic hydroxyl groups is 1. The topological polar surface area (TPSA) is 61.6 Å². The van der Waals surface area contributed by atoms with Crippen LogP contribution in [0.5, 0.6) is 0 Å². The molecule has 1 amide bonds. The number of amides is 1. The molecule has 2 aliphatic rings. The predicted octanol–water partition coefficient (Wildman–Crippen LogP) is 1.86. The van der Waals surface area contributed by atoms with E-state index in [9.17, 15) is 9.90 Å². The van der Waals surface area contributed by atoms with E-state index in [0.717, 1.165) is 25.9 Å². The molecule has 6 nitrogen and oxygen atoms in total. The smallest absolute Gasteiger partial charge is 0.224 e. The SMILES string of the molecule is O=C(CCN1CCc2ccccc21)N1CC[C@H](O)[C@@H](n2ccnc2)CC1.